The van der Waals surface area contributed by atoms with Gasteiger partial charge in [-0.1, -0.05) is 108 Å². The molecule has 32 nitrogen and oxygen atoms in total. The minimum absolute atomic E-state index is 0.0276. The van der Waals surface area contributed by atoms with E-state index < -0.39 is 59.5 Å². The molecule has 3 aliphatic rings. The van der Waals surface area contributed by atoms with Crippen LogP contribution in [0.2, 0.25) is 15.5 Å². The van der Waals surface area contributed by atoms with E-state index >= 15 is 0 Å². The number of pyridine rings is 3. The van der Waals surface area contributed by atoms with Crippen LogP contribution in [-0.4, -0.2) is 203 Å². The average molecular weight is 1490 g/mol. The number of fused-ring (bicyclic) bond motifs is 3. The van der Waals surface area contributed by atoms with Crippen molar-refractivity contribution in [2.75, 3.05) is 61.8 Å². The van der Waals surface area contributed by atoms with E-state index in [1.807, 2.05) is 0 Å². The molecular formula is C67H68Cl4N20O12. The highest BCUT2D eigenvalue weighted by atomic mass is 35.5. The monoisotopic (exact) mass is 1480 g/mol. The molecule has 0 spiro atoms. The number of hydrogen-bond donors (Lipinski definition) is 6. The lowest BCUT2D eigenvalue weighted by atomic mass is 10.0. The maximum absolute atomic E-state index is 13.3. The summed E-state index contributed by atoms with van der Waals surface area (Å²) < 4.78 is 4.24. The van der Waals surface area contributed by atoms with Crippen LogP contribution >= 0.6 is 46.4 Å². The maximum atomic E-state index is 13.3. The number of benzene rings is 3. The van der Waals surface area contributed by atoms with Crippen molar-refractivity contribution >= 4 is 167 Å². The molecule has 536 valence electrons. The number of nitrogens with one attached hydrogen (secondary N) is 3. The Balaban J connectivity index is 0.000000175. The number of para-hydroxylation sites is 3. The molecule has 3 fully saturated rings. The summed E-state index contributed by atoms with van der Waals surface area (Å²) in [5, 5.41) is 22.7. The first-order valence-electron chi connectivity index (χ1n) is 31.8. The van der Waals surface area contributed by atoms with Gasteiger partial charge in [-0.05, 0) is 85.5 Å². The Morgan fingerprint density at radius 1 is 0.408 bits per heavy atom. The third-order valence-corrected chi connectivity index (χ3v) is 17.1. The summed E-state index contributed by atoms with van der Waals surface area (Å²) in [6.45, 7) is 4.97. The van der Waals surface area contributed by atoms with Gasteiger partial charge in [-0.15, -0.1) is 0 Å². The molecule has 3 atom stereocenters. The van der Waals surface area contributed by atoms with Crippen LogP contribution < -0.4 is 33.2 Å². The summed E-state index contributed by atoms with van der Waals surface area (Å²) in [5.74, 6) is -4.05. The molecule has 6 aromatic heterocycles. The Labute approximate surface area is 606 Å². The van der Waals surface area contributed by atoms with E-state index in [0.29, 0.717) is 51.5 Å². The SMILES string of the molecule is CC(=O)Cl.CC(=O)N1CCN(C(=O)Cn2nc(C(N)=O)c3ccccc32)[C@H](C(=O)Nc2cccc(Cl)n2)C1.CC(=O)N1CCN(C(=O)Cn2nc(C(N)=O)c3ccccc32)[C@H](C(=O)Nc2cccc(Cl)n2)C1.NC(=O)c1nn(CC(=O)N2CCCC[C@H]2C(=O)Nc2cccc(Cl)n2)c2ccccc12. The highest BCUT2D eigenvalue weighted by molar-refractivity contribution is 6.62. The van der Waals surface area contributed by atoms with Crippen LogP contribution in [0.1, 0.15) is 71.5 Å². The molecule has 9 aromatic rings. The molecule has 9 heterocycles. The van der Waals surface area contributed by atoms with Crippen molar-refractivity contribution in [3.63, 3.8) is 0 Å². The van der Waals surface area contributed by atoms with Gasteiger partial charge < -0.3 is 57.7 Å². The summed E-state index contributed by atoms with van der Waals surface area (Å²) >= 11 is 22.3. The highest BCUT2D eigenvalue weighted by Gasteiger charge is 2.39. The number of hydrogen-bond acceptors (Lipinski definition) is 18. The number of halogens is 4. The predicted molar refractivity (Wildman–Crippen MR) is 380 cm³/mol. The molecule has 9 N–H and O–H groups in total. The molecule has 0 unspecified atom stereocenters. The number of likely N-dealkylation sites (tertiary alicyclic amines) is 1. The van der Waals surface area contributed by atoms with Gasteiger partial charge in [0.2, 0.25) is 52.5 Å². The van der Waals surface area contributed by atoms with E-state index in [9.17, 15) is 57.5 Å². The number of primary amides is 3. The molecule has 3 saturated heterocycles. The zero-order valence-electron chi connectivity index (χ0n) is 55.5. The first-order valence-corrected chi connectivity index (χ1v) is 33.3. The normalized spacial score (nSPS) is 15.6. The third kappa shape index (κ3) is 19.1. The maximum Gasteiger partial charge on any atom is 0.269 e. The van der Waals surface area contributed by atoms with Crippen molar-refractivity contribution in [3.8, 4) is 0 Å². The molecule has 0 radical (unpaired) electrons. The Kier molecular flexibility index (Phi) is 25.2. The summed E-state index contributed by atoms with van der Waals surface area (Å²) in [6.07, 6.45) is 2.18. The van der Waals surface area contributed by atoms with Gasteiger partial charge in [-0.3, -0.25) is 71.6 Å². The molecule has 11 amide bonds. The molecular weight excluding hydrogens is 1420 g/mol. The Morgan fingerprint density at radius 2 is 0.709 bits per heavy atom. The van der Waals surface area contributed by atoms with Crippen LogP contribution in [0.3, 0.4) is 0 Å². The van der Waals surface area contributed by atoms with Gasteiger partial charge in [0.15, 0.2) is 17.1 Å². The van der Waals surface area contributed by atoms with Gasteiger partial charge in [0, 0.05) is 69.7 Å². The van der Waals surface area contributed by atoms with Gasteiger partial charge in [0.1, 0.15) is 70.7 Å². The second kappa shape index (κ2) is 34.3. The van der Waals surface area contributed by atoms with E-state index in [2.05, 4.69) is 57.8 Å². The van der Waals surface area contributed by atoms with Gasteiger partial charge in [0.25, 0.3) is 17.7 Å². The minimum Gasteiger partial charge on any atom is -0.364 e. The smallest absolute Gasteiger partial charge is 0.269 e. The summed E-state index contributed by atoms with van der Waals surface area (Å²) in [4.78, 5) is 167. The standard InChI is InChI=1S/2C22H22ClN7O4.C21H21ClN6O3.C2H3ClO/c2*1-13(31)28-9-10-29(16(11-28)22(34)26-18-8-4-7-17(23)25-18)19(32)12-30-15-6-3-2-5-14(15)20(27-30)21(24)33;22-16-9-5-10-17(24-16)25-21(31)15-8-3-4-11-27(15)18(29)12-28-14-7-2-1-6-13(14)19(26-28)20(23)30;1-2(3)4/h2*2-8,16H,9-12H2,1H3,(H2,24,33)(H,25,26,34);1-2,5-7,9-10,15H,3-4,8,11-12H2,(H2,23,30)(H,24,25,31);1H3/t2*16-;15-;/m000./s1. The van der Waals surface area contributed by atoms with Crippen molar-refractivity contribution in [1.82, 2.24) is 68.8 Å². The number of rotatable bonds is 15. The molecule has 0 saturated carbocycles. The van der Waals surface area contributed by atoms with Crippen molar-refractivity contribution in [3.05, 3.63) is 160 Å². The lowest BCUT2D eigenvalue weighted by Gasteiger charge is -2.40. The predicted octanol–water partition coefficient (Wildman–Crippen LogP) is 4.74. The number of anilines is 3. The number of nitrogens with two attached hydrogens (primary N) is 3. The van der Waals surface area contributed by atoms with Crippen molar-refractivity contribution in [1.29, 1.82) is 0 Å². The van der Waals surface area contributed by atoms with Gasteiger partial charge >= 0.3 is 0 Å². The fraction of sp³-hybridized carbons (Fsp3) is 0.284. The second-order valence-electron chi connectivity index (χ2n) is 23.4. The van der Waals surface area contributed by atoms with Crippen LogP contribution in [0.25, 0.3) is 32.7 Å². The summed E-state index contributed by atoms with van der Waals surface area (Å²) in [5.41, 5.74) is 18.3. The molecule has 0 aliphatic carbocycles. The Morgan fingerprint density at radius 3 is 1.01 bits per heavy atom. The van der Waals surface area contributed by atoms with Crippen LogP contribution in [0, 0.1) is 0 Å². The van der Waals surface area contributed by atoms with E-state index in [1.165, 1.54) is 54.4 Å². The Bertz CT molecular complexity index is 4580. The number of nitrogens with zero attached hydrogens (tertiary/aromatic N) is 14. The van der Waals surface area contributed by atoms with Crippen molar-refractivity contribution in [2.45, 2.75) is 77.8 Å². The largest absolute Gasteiger partial charge is 0.364 e. The van der Waals surface area contributed by atoms with Gasteiger partial charge in [-0.25, -0.2) is 15.0 Å². The quantitative estimate of drug-likeness (QED) is 0.0596. The fourth-order valence-electron chi connectivity index (χ4n) is 11.7. The average Bonchev–Trinajstić information content (AvgIpc) is 1.73. The number of piperazine rings is 2. The van der Waals surface area contributed by atoms with E-state index in [1.54, 1.807) is 132 Å². The molecule has 0 bridgehead atoms. The number of aromatic nitrogens is 9. The summed E-state index contributed by atoms with van der Waals surface area (Å²) in [6, 6.07) is 32.9. The number of piperidine rings is 1. The first-order chi connectivity index (χ1) is 49.1. The minimum atomic E-state index is -0.955. The molecule has 3 aliphatic heterocycles. The van der Waals surface area contributed by atoms with Crippen LogP contribution in [0.4, 0.5) is 17.5 Å². The van der Waals surface area contributed by atoms with Crippen LogP contribution in [-0.2, 0) is 62.8 Å². The highest BCUT2D eigenvalue weighted by Crippen LogP contribution is 2.26. The van der Waals surface area contributed by atoms with Crippen LogP contribution in [0.15, 0.2) is 127 Å². The first kappa shape index (κ1) is 75.7. The number of carbonyl (C=O) groups excluding carboxylic acids is 12. The lowest BCUT2D eigenvalue weighted by Crippen LogP contribution is -2.60. The van der Waals surface area contributed by atoms with E-state index in [-0.39, 0.29) is 132 Å². The van der Waals surface area contributed by atoms with E-state index in [0.717, 1.165) is 12.8 Å². The molecule has 36 heteroatoms. The van der Waals surface area contributed by atoms with Gasteiger partial charge in [-0.2, -0.15) is 15.3 Å². The number of amides is 11. The molecule has 12 rings (SSSR count). The molecule has 103 heavy (non-hydrogen) atoms. The lowest BCUT2D eigenvalue weighted by molar-refractivity contribution is -0.146. The number of carbonyl (C=O) groups is 12. The Hall–Kier alpha value is -11.5. The molecule has 3 aromatic carbocycles. The third-order valence-electron chi connectivity index (χ3n) is 16.5. The zero-order valence-corrected chi connectivity index (χ0v) is 58.5. The van der Waals surface area contributed by atoms with Gasteiger partial charge in [0.05, 0.1) is 29.6 Å². The van der Waals surface area contributed by atoms with Crippen molar-refractivity contribution < 1.29 is 57.5 Å². The van der Waals surface area contributed by atoms with E-state index in [4.69, 9.17) is 52.0 Å². The fourth-order valence-corrected chi connectivity index (χ4v) is 12.2. The second-order valence-corrected chi connectivity index (χ2v) is 25.1. The zero-order chi connectivity index (χ0) is 74.3. The topological polar surface area (TPSA) is 427 Å². The van der Waals surface area contributed by atoms with Crippen molar-refractivity contribution in [2.24, 2.45) is 17.2 Å². The van der Waals surface area contributed by atoms with Crippen LogP contribution in [0.5, 0.6) is 0 Å². The summed E-state index contributed by atoms with van der Waals surface area (Å²) in [7, 11) is 0.